The Morgan fingerprint density at radius 2 is 2.38 bits per heavy atom. The number of rotatable bonds is 1. The van der Waals surface area contributed by atoms with E-state index in [2.05, 4.69) is 37.0 Å². The topological polar surface area (TPSA) is 27.1 Å². The first kappa shape index (κ1) is 9.68. The van der Waals surface area contributed by atoms with Crippen LogP contribution in [0.15, 0.2) is 15.3 Å². The van der Waals surface area contributed by atoms with Crippen molar-refractivity contribution in [3.05, 3.63) is 15.3 Å². The highest BCUT2D eigenvalue weighted by Gasteiger charge is 2.17. The van der Waals surface area contributed by atoms with Crippen molar-refractivity contribution in [1.82, 2.24) is 9.78 Å². The molecule has 2 rings (SSSR count). The van der Waals surface area contributed by atoms with Gasteiger partial charge in [0.1, 0.15) is 4.60 Å². The highest BCUT2D eigenvalue weighted by Crippen LogP contribution is 2.25. The van der Waals surface area contributed by atoms with Crippen molar-refractivity contribution in [2.45, 2.75) is 18.9 Å². The van der Waals surface area contributed by atoms with Gasteiger partial charge in [0, 0.05) is 12.8 Å². The molecule has 3 nitrogen and oxygen atoms in total. The zero-order valence-electron chi connectivity index (χ0n) is 7.04. The molecule has 13 heavy (non-hydrogen) atoms. The maximum Gasteiger partial charge on any atom is 0.142 e. The predicted octanol–water partition coefficient (Wildman–Crippen LogP) is 2.76. The van der Waals surface area contributed by atoms with E-state index in [-0.39, 0.29) is 0 Å². The third-order valence-electron chi connectivity index (χ3n) is 2.16. The van der Waals surface area contributed by atoms with E-state index in [9.17, 15) is 0 Å². The highest BCUT2D eigenvalue weighted by atomic mass is 79.9. The molecular formula is C8H10Br2N2O. The van der Waals surface area contributed by atoms with Crippen LogP contribution in [0.3, 0.4) is 0 Å². The fourth-order valence-corrected chi connectivity index (χ4v) is 2.04. The van der Waals surface area contributed by atoms with Gasteiger partial charge >= 0.3 is 0 Å². The molecule has 0 radical (unpaired) electrons. The number of hydrogen-bond acceptors (Lipinski definition) is 2. The van der Waals surface area contributed by atoms with Crippen LogP contribution in [0, 0.1) is 0 Å². The molecule has 0 amide bonds. The molecule has 0 saturated carbocycles. The van der Waals surface area contributed by atoms with Gasteiger partial charge in [-0.25, -0.2) is 0 Å². The van der Waals surface area contributed by atoms with Crippen LogP contribution in [0.25, 0.3) is 0 Å². The Balaban J connectivity index is 2.14. The summed E-state index contributed by atoms with van der Waals surface area (Å²) in [6.07, 6.45) is 4.27. The van der Waals surface area contributed by atoms with Crippen LogP contribution in [0.4, 0.5) is 0 Å². The van der Waals surface area contributed by atoms with Gasteiger partial charge in [0.2, 0.25) is 0 Å². The lowest BCUT2D eigenvalue weighted by atomic mass is 10.1. The van der Waals surface area contributed by atoms with E-state index < -0.39 is 0 Å². The molecule has 1 unspecified atom stereocenters. The maximum atomic E-state index is 5.39. The van der Waals surface area contributed by atoms with Crippen molar-refractivity contribution in [2.24, 2.45) is 0 Å². The molecule has 5 heteroatoms. The highest BCUT2D eigenvalue weighted by molar-refractivity contribution is 9.13. The monoisotopic (exact) mass is 308 g/mol. The van der Waals surface area contributed by atoms with Crippen LogP contribution >= 0.6 is 31.9 Å². The fourth-order valence-electron chi connectivity index (χ4n) is 1.47. The van der Waals surface area contributed by atoms with E-state index >= 15 is 0 Å². The quantitative estimate of drug-likeness (QED) is 0.797. The van der Waals surface area contributed by atoms with Crippen LogP contribution in [0.1, 0.15) is 18.9 Å². The van der Waals surface area contributed by atoms with Gasteiger partial charge < -0.3 is 4.74 Å². The Hall–Kier alpha value is 0.130. The summed E-state index contributed by atoms with van der Waals surface area (Å²) in [7, 11) is 0. The van der Waals surface area contributed by atoms with Gasteiger partial charge in [0.15, 0.2) is 0 Å². The average Bonchev–Trinajstić information content (AvgIpc) is 2.49. The van der Waals surface area contributed by atoms with E-state index in [0.717, 1.165) is 35.1 Å². The molecule has 1 fully saturated rings. The second kappa shape index (κ2) is 4.11. The van der Waals surface area contributed by atoms with E-state index in [1.165, 1.54) is 0 Å². The summed E-state index contributed by atoms with van der Waals surface area (Å²) in [5.41, 5.74) is 0. The van der Waals surface area contributed by atoms with Crippen LogP contribution < -0.4 is 0 Å². The van der Waals surface area contributed by atoms with E-state index in [4.69, 9.17) is 4.74 Å². The number of hydrogen-bond donors (Lipinski definition) is 0. The lowest BCUT2D eigenvalue weighted by Crippen LogP contribution is -2.21. The summed E-state index contributed by atoms with van der Waals surface area (Å²) >= 11 is 6.77. The molecule has 72 valence electrons. The molecule has 0 aromatic carbocycles. The van der Waals surface area contributed by atoms with Gasteiger partial charge in [0.25, 0.3) is 0 Å². The van der Waals surface area contributed by atoms with E-state index in [1.807, 2.05) is 10.9 Å². The molecule has 1 saturated heterocycles. The fraction of sp³-hybridized carbons (Fsp3) is 0.625. The summed E-state index contributed by atoms with van der Waals surface area (Å²) in [5, 5.41) is 4.34. The molecule has 1 aromatic rings. The molecule has 0 bridgehead atoms. The summed E-state index contributed by atoms with van der Waals surface area (Å²) in [5.74, 6) is 0. The smallest absolute Gasteiger partial charge is 0.142 e. The van der Waals surface area contributed by atoms with Gasteiger partial charge in [-0.15, -0.1) is 0 Å². The first-order valence-corrected chi connectivity index (χ1v) is 5.84. The molecule has 1 aliphatic rings. The number of nitrogens with zero attached hydrogens (tertiary/aromatic N) is 2. The standard InChI is InChI=1S/C8H10Br2N2O/c9-7-4-12(11-8(7)10)6-2-1-3-13-5-6/h4,6H,1-3,5H2. The Labute approximate surface area is 93.7 Å². The van der Waals surface area contributed by atoms with Crippen LogP contribution in [0.5, 0.6) is 0 Å². The molecular weight excluding hydrogens is 300 g/mol. The van der Waals surface area contributed by atoms with Crippen LogP contribution in [-0.2, 0) is 4.74 Å². The number of ether oxygens (including phenoxy) is 1. The molecule has 2 heterocycles. The zero-order chi connectivity index (χ0) is 9.26. The Bertz CT molecular complexity index is 275. The maximum absolute atomic E-state index is 5.39. The second-order valence-electron chi connectivity index (χ2n) is 3.12. The molecule has 0 aliphatic carbocycles. The molecule has 0 spiro atoms. The van der Waals surface area contributed by atoms with Gasteiger partial charge in [0.05, 0.1) is 17.1 Å². The Kier molecular flexibility index (Phi) is 3.06. The molecule has 1 aliphatic heterocycles. The predicted molar refractivity (Wildman–Crippen MR) is 56.7 cm³/mol. The van der Waals surface area contributed by atoms with Crippen molar-refractivity contribution >= 4 is 31.9 Å². The molecule has 1 aromatic heterocycles. The van der Waals surface area contributed by atoms with Gasteiger partial charge in [-0.1, -0.05) is 0 Å². The average molecular weight is 310 g/mol. The molecule has 0 N–H and O–H groups in total. The Morgan fingerprint density at radius 3 is 2.92 bits per heavy atom. The van der Waals surface area contributed by atoms with Gasteiger partial charge in [-0.2, -0.15) is 5.10 Å². The Morgan fingerprint density at radius 1 is 1.54 bits per heavy atom. The molecule has 1 atom stereocenters. The summed E-state index contributed by atoms with van der Waals surface area (Å²) in [6, 6.07) is 0.399. The number of halogens is 2. The lowest BCUT2D eigenvalue weighted by molar-refractivity contribution is 0.0548. The van der Waals surface area contributed by atoms with Crippen molar-refractivity contribution < 1.29 is 4.74 Å². The minimum absolute atomic E-state index is 0.399. The first-order valence-electron chi connectivity index (χ1n) is 4.25. The summed E-state index contributed by atoms with van der Waals surface area (Å²) < 4.78 is 9.22. The summed E-state index contributed by atoms with van der Waals surface area (Å²) in [6.45, 7) is 1.67. The third kappa shape index (κ3) is 2.14. The van der Waals surface area contributed by atoms with E-state index in [0.29, 0.717) is 6.04 Å². The van der Waals surface area contributed by atoms with Gasteiger partial charge in [-0.05, 0) is 44.7 Å². The SMILES string of the molecule is Brc1cn(C2CCCOC2)nc1Br. The van der Waals surface area contributed by atoms with E-state index in [1.54, 1.807) is 0 Å². The van der Waals surface area contributed by atoms with Crippen molar-refractivity contribution in [2.75, 3.05) is 13.2 Å². The summed E-state index contributed by atoms with van der Waals surface area (Å²) in [4.78, 5) is 0. The van der Waals surface area contributed by atoms with Crippen LogP contribution in [0.2, 0.25) is 0 Å². The van der Waals surface area contributed by atoms with Crippen molar-refractivity contribution in [1.29, 1.82) is 0 Å². The minimum atomic E-state index is 0.399. The normalized spacial score (nSPS) is 23.4. The lowest BCUT2D eigenvalue weighted by Gasteiger charge is -2.22. The zero-order valence-corrected chi connectivity index (χ0v) is 10.2. The van der Waals surface area contributed by atoms with Crippen LogP contribution in [-0.4, -0.2) is 23.0 Å². The van der Waals surface area contributed by atoms with Gasteiger partial charge in [-0.3, -0.25) is 4.68 Å². The second-order valence-corrected chi connectivity index (χ2v) is 4.72. The number of aromatic nitrogens is 2. The third-order valence-corrected chi connectivity index (χ3v) is 3.85. The van der Waals surface area contributed by atoms with Crippen molar-refractivity contribution in [3.8, 4) is 0 Å². The first-order chi connectivity index (χ1) is 6.27. The largest absolute Gasteiger partial charge is 0.379 e. The van der Waals surface area contributed by atoms with Crippen molar-refractivity contribution in [3.63, 3.8) is 0 Å². The minimum Gasteiger partial charge on any atom is -0.379 e.